The summed E-state index contributed by atoms with van der Waals surface area (Å²) in [5, 5.41) is 11.5. The molecule has 4 rings (SSSR count). The minimum absolute atomic E-state index is 0.0768. The van der Waals surface area contributed by atoms with Gasteiger partial charge in [0.2, 0.25) is 5.91 Å². The fourth-order valence-corrected chi connectivity index (χ4v) is 4.29. The Kier molecular flexibility index (Phi) is 5.36. The Balaban J connectivity index is 1.39. The molecule has 1 N–H and O–H groups in total. The van der Waals surface area contributed by atoms with Crippen LogP contribution in [0.3, 0.4) is 0 Å². The standard InChI is InChI=1S/C22H28N4O2/c1-3-4-12-22(24-25-22)13-10-20(27)23-19-11-14-26(17-8-9-17)21(19)16-6-5-7-18(15-16)28-2/h1,5-7,15,17,19,21H,4,8-14H2,2H3,(H,23,27). The van der Waals surface area contributed by atoms with Gasteiger partial charge in [-0.25, -0.2) is 0 Å². The first-order valence-electron chi connectivity index (χ1n) is 10.2. The number of hydrogen-bond acceptors (Lipinski definition) is 5. The Morgan fingerprint density at radius 3 is 2.86 bits per heavy atom. The molecule has 1 saturated heterocycles. The lowest BCUT2D eigenvalue weighted by Crippen LogP contribution is -2.40. The highest BCUT2D eigenvalue weighted by molar-refractivity contribution is 5.76. The molecule has 1 aromatic carbocycles. The first-order chi connectivity index (χ1) is 13.6. The van der Waals surface area contributed by atoms with Gasteiger partial charge >= 0.3 is 0 Å². The molecule has 0 aromatic heterocycles. The number of hydrogen-bond donors (Lipinski definition) is 1. The lowest BCUT2D eigenvalue weighted by molar-refractivity contribution is -0.122. The van der Waals surface area contributed by atoms with E-state index in [9.17, 15) is 4.79 Å². The molecule has 148 valence electrons. The highest BCUT2D eigenvalue weighted by Crippen LogP contribution is 2.42. The highest BCUT2D eigenvalue weighted by Gasteiger charge is 2.44. The van der Waals surface area contributed by atoms with Crippen molar-refractivity contribution < 1.29 is 9.53 Å². The lowest BCUT2D eigenvalue weighted by atomic mass is 9.98. The molecule has 2 atom stereocenters. The van der Waals surface area contributed by atoms with E-state index < -0.39 is 5.66 Å². The summed E-state index contributed by atoms with van der Waals surface area (Å²) in [7, 11) is 1.69. The van der Waals surface area contributed by atoms with Gasteiger partial charge < -0.3 is 10.1 Å². The lowest BCUT2D eigenvalue weighted by Gasteiger charge is -2.29. The third-order valence-corrected chi connectivity index (χ3v) is 6.04. The normalized spacial score (nSPS) is 25.3. The van der Waals surface area contributed by atoms with Crippen molar-refractivity contribution in [2.75, 3.05) is 13.7 Å². The summed E-state index contributed by atoms with van der Waals surface area (Å²) in [5.74, 6) is 3.56. The molecule has 2 unspecified atom stereocenters. The van der Waals surface area contributed by atoms with Gasteiger partial charge in [0.15, 0.2) is 5.66 Å². The van der Waals surface area contributed by atoms with Crippen LogP contribution in [0.1, 0.15) is 56.6 Å². The van der Waals surface area contributed by atoms with Gasteiger partial charge in [-0.1, -0.05) is 12.1 Å². The van der Waals surface area contributed by atoms with Crippen LogP contribution in [0.25, 0.3) is 0 Å². The predicted octanol–water partition coefficient (Wildman–Crippen LogP) is 3.44. The quantitative estimate of drug-likeness (QED) is 0.668. The van der Waals surface area contributed by atoms with Gasteiger partial charge in [0, 0.05) is 44.3 Å². The molecule has 2 aliphatic heterocycles. The van der Waals surface area contributed by atoms with Crippen LogP contribution >= 0.6 is 0 Å². The van der Waals surface area contributed by atoms with E-state index in [0.29, 0.717) is 25.3 Å². The fourth-order valence-electron chi connectivity index (χ4n) is 4.29. The maximum absolute atomic E-state index is 12.7. The van der Waals surface area contributed by atoms with E-state index in [1.807, 2.05) is 12.1 Å². The Labute approximate surface area is 166 Å². The molecule has 0 bridgehead atoms. The van der Waals surface area contributed by atoms with E-state index in [2.05, 4.69) is 38.5 Å². The first kappa shape index (κ1) is 18.9. The van der Waals surface area contributed by atoms with Gasteiger partial charge in [-0.05, 0) is 37.0 Å². The van der Waals surface area contributed by atoms with Gasteiger partial charge in [0.25, 0.3) is 0 Å². The largest absolute Gasteiger partial charge is 0.497 e. The molecule has 0 radical (unpaired) electrons. The van der Waals surface area contributed by atoms with Gasteiger partial charge in [-0.15, -0.1) is 12.3 Å². The summed E-state index contributed by atoms with van der Waals surface area (Å²) in [6, 6.07) is 9.21. The number of nitrogens with one attached hydrogen (secondary N) is 1. The smallest absolute Gasteiger partial charge is 0.220 e. The SMILES string of the molecule is C#CCCC1(CCC(=O)NC2CCN(C3CC3)C2c2cccc(OC)c2)N=N1. The Hall–Kier alpha value is -2.39. The van der Waals surface area contributed by atoms with E-state index in [1.54, 1.807) is 7.11 Å². The summed E-state index contributed by atoms with van der Waals surface area (Å²) in [5.41, 5.74) is 0.817. The zero-order chi connectivity index (χ0) is 19.6. The number of rotatable bonds is 9. The van der Waals surface area contributed by atoms with E-state index in [4.69, 9.17) is 11.2 Å². The summed E-state index contributed by atoms with van der Waals surface area (Å²) in [4.78, 5) is 15.2. The second kappa shape index (κ2) is 7.92. The predicted molar refractivity (Wildman–Crippen MR) is 107 cm³/mol. The van der Waals surface area contributed by atoms with Crippen LogP contribution in [-0.2, 0) is 4.79 Å². The number of benzene rings is 1. The number of ether oxygens (including phenoxy) is 1. The van der Waals surface area contributed by atoms with Crippen LogP contribution in [0, 0.1) is 12.3 Å². The number of amides is 1. The summed E-state index contributed by atoms with van der Waals surface area (Å²) in [6.45, 7) is 1.02. The minimum atomic E-state index is -0.397. The van der Waals surface area contributed by atoms with Crippen LogP contribution in [0.15, 0.2) is 34.5 Å². The molecule has 3 aliphatic rings. The van der Waals surface area contributed by atoms with E-state index in [-0.39, 0.29) is 18.0 Å². The van der Waals surface area contributed by atoms with Crippen LogP contribution in [0.2, 0.25) is 0 Å². The Morgan fingerprint density at radius 2 is 2.18 bits per heavy atom. The third-order valence-electron chi connectivity index (χ3n) is 6.04. The molecule has 1 saturated carbocycles. The van der Waals surface area contributed by atoms with E-state index in [1.165, 1.54) is 18.4 Å². The number of likely N-dealkylation sites (tertiary alicyclic amines) is 1. The van der Waals surface area contributed by atoms with E-state index >= 15 is 0 Å². The van der Waals surface area contributed by atoms with Crippen LogP contribution in [-0.4, -0.2) is 42.2 Å². The van der Waals surface area contributed by atoms with Crippen molar-refractivity contribution in [2.24, 2.45) is 10.2 Å². The molecule has 1 aliphatic carbocycles. The topological polar surface area (TPSA) is 66.3 Å². The maximum atomic E-state index is 12.7. The number of carbonyl (C=O) groups excluding carboxylic acids is 1. The molecule has 6 heteroatoms. The fraction of sp³-hybridized carbons (Fsp3) is 0.591. The van der Waals surface area contributed by atoms with E-state index in [0.717, 1.165) is 25.1 Å². The Morgan fingerprint density at radius 1 is 1.36 bits per heavy atom. The number of carbonyl (C=O) groups is 1. The molecule has 2 heterocycles. The monoisotopic (exact) mass is 380 g/mol. The molecule has 1 amide bonds. The maximum Gasteiger partial charge on any atom is 0.220 e. The number of methoxy groups -OCH3 is 1. The summed E-state index contributed by atoms with van der Waals surface area (Å²) < 4.78 is 5.42. The van der Waals surface area contributed by atoms with Crippen molar-refractivity contribution in [3.63, 3.8) is 0 Å². The molecular formula is C22H28N4O2. The second-order valence-electron chi connectivity index (χ2n) is 8.04. The first-order valence-corrected chi connectivity index (χ1v) is 10.2. The van der Waals surface area contributed by atoms with Crippen LogP contribution in [0.4, 0.5) is 0 Å². The number of terminal acetylenes is 1. The molecule has 2 fully saturated rings. The van der Waals surface area contributed by atoms with Gasteiger partial charge in [-0.2, -0.15) is 10.2 Å². The van der Waals surface area contributed by atoms with Crippen molar-refractivity contribution >= 4 is 5.91 Å². The third kappa shape index (κ3) is 4.20. The van der Waals surface area contributed by atoms with Crippen LogP contribution < -0.4 is 10.1 Å². The molecule has 28 heavy (non-hydrogen) atoms. The zero-order valence-corrected chi connectivity index (χ0v) is 16.4. The Bertz CT molecular complexity index is 790. The average Bonchev–Trinajstić information content (AvgIpc) is 3.64. The summed E-state index contributed by atoms with van der Waals surface area (Å²) >= 11 is 0. The van der Waals surface area contributed by atoms with Crippen LogP contribution in [0.5, 0.6) is 5.75 Å². The molecule has 0 spiro atoms. The molecular weight excluding hydrogens is 352 g/mol. The van der Waals surface area contributed by atoms with Crippen molar-refractivity contribution in [1.82, 2.24) is 10.2 Å². The van der Waals surface area contributed by atoms with Crippen molar-refractivity contribution in [3.05, 3.63) is 29.8 Å². The van der Waals surface area contributed by atoms with Gasteiger partial charge in [0.05, 0.1) is 13.2 Å². The summed E-state index contributed by atoms with van der Waals surface area (Å²) in [6.07, 6.45) is 11.3. The minimum Gasteiger partial charge on any atom is -0.497 e. The number of nitrogens with zero attached hydrogens (tertiary/aromatic N) is 3. The van der Waals surface area contributed by atoms with Crippen molar-refractivity contribution in [3.8, 4) is 18.1 Å². The van der Waals surface area contributed by atoms with Gasteiger partial charge in [-0.3, -0.25) is 9.69 Å². The van der Waals surface area contributed by atoms with Gasteiger partial charge in [0.1, 0.15) is 5.75 Å². The van der Waals surface area contributed by atoms with Crippen molar-refractivity contribution in [2.45, 2.75) is 68.7 Å². The molecule has 6 nitrogen and oxygen atoms in total. The highest BCUT2D eigenvalue weighted by atomic mass is 16.5. The van der Waals surface area contributed by atoms with Crippen molar-refractivity contribution in [1.29, 1.82) is 0 Å². The molecule has 1 aromatic rings. The second-order valence-corrected chi connectivity index (χ2v) is 8.04. The average molecular weight is 380 g/mol. The zero-order valence-electron chi connectivity index (χ0n) is 16.4.